The number of carbonyl (C=O) groups excluding carboxylic acids is 1. The summed E-state index contributed by atoms with van der Waals surface area (Å²) in [5, 5.41) is 12.6. The van der Waals surface area contributed by atoms with Crippen LogP contribution >= 0.6 is 0 Å². The van der Waals surface area contributed by atoms with E-state index in [1.54, 1.807) is 4.90 Å². The number of nitrogens with zero attached hydrogens (tertiary/aromatic N) is 2. The molecule has 1 heterocycles. The van der Waals surface area contributed by atoms with Gasteiger partial charge in [-0.15, -0.1) is 0 Å². The molecule has 1 amide bonds. The molecule has 0 aliphatic heterocycles. The summed E-state index contributed by atoms with van der Waals surface area (Å²) in [4.78, 5) is 13.7. The van der Waals surface area contributed by atoms with E-state index in [0.717, 1.165) is 42.8 Å². The Labute approximate surface area is 114 Å². The largest absolute Gasteiger partial charge is 0.396 e. The molecular formula is C14H24N2O3. The van der Waals surface area contributed by atoms with Crippen LogP contribution in [0.15, 0.2) is 4.52 Å². The number of unbranched alkanes of at least 4 members (excludes halogenated alkanes) is 2. The van der Waals surface area contributed by atoms with Crippen LogP contribution in [-0.4, -0.2) is 41.3 Å². The summed E-state index contributed by atoms with van der Waals surface area (Å²) in [6.45, 7) is 4.75. The highest BCUT2D eigenvalue weighted by atomic mass is 16.5. The number of hydrogen-bond acceptors (Lipinski definition) is 4. The van der Waals surface area contributed by atoms with Gasteiger partial charge in [0.2, 0.25) is 5.91 Å². The van der Waals surface area contributed by atoms with Gasteiger partial charge >= 0.3 is 0 Å². The van der Waals surface area contributed by atoms with Gasteiger partial charge in [-0.2, -0.15) is 0 Å². The van der Waals surface area contributed by atoms with E-state index in [-0.39, 0.29) is 12.5 Å². The lowest BCUT2D eigenvalue weighted by molar-refractivity contribution is -0.129. The van der Waals surface area contributed by atoms with E-state index in [9.17, 15) is 4.79 Å². The molecule has 19 heavy (non-hydrogen) atoms. The Morgan fingerprint density at radius 1 is 1.32 bits per heavy atom. The Bertz CT molecular complexity index is 382. The van der Waals surface area contributed by atoms with Gasteiger partial charge in [-0.1, -0.05) is 5.16 Å². The average molecular weight is 268 g/mol. The highest BCUT2D eigenvalue weighted by Gasteiger charge is 2.13. The van der Waals surface area contributed by atoms with Gasteiger partial charge in [-0.25, -0.2) is 0 Å². The molecule has 0 saturated heterocycles. The van der Waals surface area contributed by atoms with Crippen molar-refractivity contribution in [3.63, 3.8) is 0 Å². The molecule has 108 valence electrons. The molecule has 0 bridgehead atoms. The van der Waals surface area contributed by atoms with Crippen molar-refractivity contribution in [2.45, 2.75) is 46.0 Å². The molecule has 5 heteroatoms. The lowest BCUT2D eigenvalue weighted by Crippen LogP contribution is -2.28. The molecule has 0 aliphatic rings. The molecule has 1 aromatic heterocycles. The fourth-order valence-corrected chi connectivity index (χ4v) is 2.04. The van der Waals surface area contributed by atoms with Crippen LogP contribution in [-0.2, 0) is 11.2 Å². The number of aryl methyl sites for hydroxylation is 2. The Hall–Kier alpha value is -1.36. The molecule has 0 saturated carbocycles. The lowest BCUT2D eigenvalue weighted by Gasteiger charge is -2.16. The molecule has 0 radical (unpaired) electrons. The number of rotatable bonds is 8. The summed E-state index contributed by atoms with van der Waals surface area (Å²) in [7, 11) is 1.83. The number of aliphatic hydroxyl groups excluding tert-OH is 1. The Morgan fingerprint density at radius 3 is 2.63 bits per heavy atom. The second-order valence-electron chi connectivity index (χ2n) is 4.90. The third-order valence-corrected chi connectivity index (χ3v) is 3.35. The number of carbonyl (C=O) groups is 1. The maximum Gasteiger partial charge on any atom is 0.222 e. The van der Waals surface area contributed by atoms with E-state index in [1.807, 2.05) is 20.9 Å². The van der Waals surface area contributed by atoms with Crippen molar-refractivity contribution in [3.8, 4) is 0 Å². The quantitative estimate of drug-likeness (QED) is 0.731. The van der Waals surface area contributed by atoms with Gasteiger partial charge in [-0.3, -0.25) is 4.79 Å². The van der Waals surface area contributed by atoms with E-state index < -0.39 is 0 Å². The molecular weight excluding hydrogens is 244 g/mol. The van der Waals surface area contributed by atoms with Gasteiger partial charge in [0.1, 0.15) is 5.76 Å². The summed E-state index contributed by atoms with van der Waals surface area (Å²) >= 11 is 0. The monoisotopic (exact) mass is 268 g/mol. The minimum Gasteiger partial charge on any atom is -0.396 e. The molecule has 0 fully saturated rings. The van der Waals surface area contributed by atoms with Crippen LogP contribution in [0.1, 0.15) is 42.7 Å². The highest BCUT2D eigenvalue weighted by Crippen LogP contribution is 2.14. The predicted molar refractivity (Wildman–Crippen MR) is 72.9 cm³/mol. The summed E-state index contributed by atoms with van der Waals surface area (Å²) in [5.74, 6) is 0.944. The zero-order valence-corrected chi connectivity index (χ0v) is 12.1. The fourth-order valence-electron chi connectivity index (χ4n) is 2.04. The maximum absolute atomic E-state index is 12.0. The number of aromatic nitrogens is 1. The van der Waals surface area contributed by atoms with E-state index >= 15 is 0 Å². The Balaban J connectivity index is 2.30. The molecule has 1 aromatic rings. The zero-order valence-electron chi connectivity index (χ0n) is 12.1. The second-order valence-corrected chi connectivity index (χ2v) is 4.90. The predicted octanol–water partition coefficient (Wildman–Crippen LogP) is 1.85. The first kappa shape index (κ1) is 15.7. The average Bonchev–Trinajstić information content (AvgIpc) is 2.71. The van der Waals surface area contributed by atoms with Gasteiger partial charge in [-0.05, 0) is 39.5 Å². The third kappa shape index (κ3) is 5.03. The van der Waals surface area contributed by atoms with Gasteiger partial charge in [0.25, 0.3) is 0 Å². The first-order chi connectivity index (χ1) is 9.06. The minimum absolute atomic E-state index is 0.143. The van der Waals surface area contributed by atoms with E-state index in [2.05, 4.69) is 5.16 Å². The van der Waals surface area contributed by atoms with E-state index in [0.29, 0.717) is 12.8 Å². The van der Waals surface area contributed by atoms with Crippen LogP contribution in [0, 0.1) is 13.8 Å². The first-order valence-corrected chi connectivity index (χ1v) is 6.82. The third-order valence-electron chi connectivity index (χ3n) is 3.35. The minimum atomic E-state index is 0.143. The summed E-state index contributed by atoms with van der Waals surface area (Å²) in [6.07, 6.45) is 3.87. The van der Waals surface area contributed by atoms with Crippen molar-refractivity contribution in [2.75, 3.05) is 20.2 Å². The molecule has 0 spiro atoms. The van der Waals surface area contributed by atoms with Crippen molar-refractivity contribution in [2.24, 2.45) is 0 Å². The Morgan fingerprint density at radius 2 is 2.05 bits per heavy atom. The molecule has 0 atom stereocenters. The van der Waals surface area contributed by atoms with Crippen molar-refractivity contribution >= 4 is 5.91 Å². The molecule has 0 aromatic carbocycles. The van der Waals surface area contributed by atoms with Gasteiger partial charge in [0, 0.05) is 32.2 Å². The first-order valence-electron chi connectivity index (χ1n) is 6.82. The normalized spacial score (nSPS) is 10.7. The van der Waals surface area contributed by atoms with Crippen molar-refractivity contribution in [3.05, 3.63) is 17.0 Å². The molecule has 0 aliphatic carbocycles. The fraction of sp³-hybridized carbons (Fsp3) is 0.714. The molecule has 0 unspecified atom stereocenters. The van der Waals surface area contributed by atoms with Crippen LogP contribution in [0.4, 0.5) is 0 Å². The smallest absolute Gasteiger partial charge is 0.222 e. The summed E-state index contributed by atoms with van der Waals surface area (Å²) < 4.78 is 5.08. The van der Waals surface area contributed by atoms with Crippen LogP contribution in [0.5, 0.6) is 0 Å². The SMILES string of the molecule is Cc1noc(C)c1CCC(=O)N(C)CCCCCO. The molecule has 5 nitrogen and oxygen atoms in total. The van der Waals surface area contributed by atoms with Gasteiger partial charge in [0.15, 0.2) is 0 Å². The van der Waals surface area contributed by atoms with Crippen LogP contribution in [0.2, 0.25) is 0 Å². The van der Waals surface area contributed by atoms with Crippen LogP contribution in [0.3, 0.4) is 0 Å². The molecule has 1 N–H and O–H groups in total. The number of amides is 1. The van der Waals surface area contributed by atoms with Gasteiger partial charge < -0.3 is 14.5 Å². The second kappa shape index (κ2) is 7.94. The van der Waals surface area contributed by atoms with Crippen LogP contribution in [0.25, 0.3) is 0 Å². The maximum atomic E-state index is 12.0. The van der Waals surface area contributed by atoms with E-state index in [4.69, 9.17) is 9.63 Å². The van der Waals surface area contributed by atoms with Crippen molar-refractivity contribution in [1.29, 1.82) is 0 Å². The summed E-state index contributed by atoms with van der Waals surface area (Å²) in [5.41, 5.74) is 1.91. The lowest BCUT2D eigenvalue weighted by atomic mass is 10.1. The highest BCUT2D eigenvalue weighted by molar-refractivity contribution is 5.76. The Kier molecular flexibility index (Phi) is 6.56. The number of aliphatic hydroxyl groups is 1. The number of hydrogen-bond donors (Lipinski definition) is 1. The topological polar surface area (TPSA) is 66.6 Å². The standard InChI is InChI=1S/C14H24N2O3/c1-11-13(12(2)19-15-11)7-8-14(18)16(3)9-5-4-6-10-17/h17H,4-10H2,1-3H3. The van der Waals surface area contributed by atoms with Crippen molar-refractivity contribution < 1.29 is 14.4 Å². The van der Waals surface area contributed by atoms with E-state index in [1.165, 1.54) is 0 Å². The van der Waals surface area contributed by atoms with Crippen molar-refractivity contribution in [1.82, 2.24) is 10.1 Å². The summed E-state index contributed by atoms with van der Waals surface area (Å²) in [6, 6.07) is 0. The van der Waals surface area contributed by atoms with Gasteiger partial charge in [0.05, 0.1) is 5.69 Å². The zero-order chi connectivity index (χ0) is 14.3. The van der Waals surface area contributed by atoms with Crippen LogP contribution < -0.4 is 0 Å². The molecule has 1 rings (SSSR count).